The third-order valence-electron chi connectivity index (χ3n) is 4.96. The second-order valence-corrected chi connectivity index (χ2v) is 10.00. The second kappa shape index (κ2) is 7.74. The van der Waals surface area contributed by atoms with Gasteiger partial charge in [0.1, 0.15) is 5.52 Å². The minimum Gasteiger partial charge on any atom is -0.504 e. The first-order valence-corrected chi connectivity index (χ1v) is 11.8. The Kier molecular flexibility index (Phi) is 5.26. The Morgan fingerprint density at radius 1 is 0.967 bits per heavy atom. The van der Waals surface area contributed by atoms with E-state index in [0.29, 0.717) is 21.6 Å². The molecule has 5 nitrogen and oxygen atoms in total. The molecular weight excluding hydrogens is 418 g/mol. The van der Waals surface area contributed by atoms with Crippen molar-refractivity contribution in [1.29, 1.82) is 0 Å². The minimum absolute atomic E-state index is 0.0867. The summed E-state index contributed by atoms with van der Waals surface area (Å²) < 4.78 is 27.6. The van der Waals surface area contributed by atoms with Crippen LogP contribution in [0.15, 0.2) is 76.7 Å². The van der Waals surface area contributed by atoms with E-state index in [-0.39, 0.29) is 16.2 Å². The Hall–Kier alpha value is -2.90. The smallest absolute Gasteiger partial charge is 0.268 e. The van der Waals surface area contributed by atoms with Crippen LogP contribution in [0.3, 0.4) is 0 Å². The van der Waals surface area contributed by atoms with Crippen molar-refractivity contribution in [2.24, 2.45) is 0 Å². The zero-order valence-corrected chi connectivity index (χ0v) is 18.2. The summed E-state index contributed by atoms with van der Waals surface area (Å²) in [5.41, 5.74) is 2.84. The Bertz CT molecular complexity index is 1330. The van der Waals surface area contributed by atoms with Crippen LogP contribution >= 0.6 is 11.8 Å². The lowest BCUT2D eigenvalue weighted by atomic mass is 10.1. The summed E-state index contributed by atoms with van der Waals surface area (Å²) in [4.78, 5) is 0.825. The van der Waals surface area contributed by atoms with E-state index in [4.69, 9.17) is 0 Å². The summed E-state index contributed by atoms with van der Waals surface area (Å²) in [6, 6.07) is 17.9. The summed E-state index contributed by atoms with van der Waals surface area (Å²) in [5.74, 6) is -0.149. The standard InChI is InChI=1S/C23H21NO4S2/c1-15-8-10-18(11-9-15)30(27,28)24-13-16(2)21-20(12-19(25)23(26)22(21)24)29-14-17-6-4-3-5-7-17/h3-13,25-26H,14H2,1-2H3. The van der Waals surface area contributed by atoms with Crippen molar-refractivity contribution < 1.29 is 18.6 Å². The van der Waals surface area contributed by atoms with Gasteiger partial charge in [0.05, 0.1) is 4.90 Å². The zero-order valence-electron chi connectivity index (χ0n) is 16.5. The summed E-state index contributed by atoms with van der Waals surface area (Å²) in [6.45, 7) is 3.68. The topological polar surface area (TPSA) is 79.5 Å². The van der Waals surface area contributed by atoms with Gasteiger partial charge in [0.25, 0.3) is 10.0 Å². The number of phenols is 2. The number of phenolic OH excluding ortho intramolecular Hbond substituents is 2. The summed E-state index contributed by atoms with van der Waals surface area (Å²) in [5, 5.41) is 21.5. The molecule has 0 amide bonds. The molecule has 0 spiro atoms. The average molecular weight is 440 g/mol. The molecule has 0 unspecified atom stereocenters. The molecule has 0 saturated heterocycles. The maximum absolute atomic E-state index is 13.3. The van der Waals surface area contributed by atoms with Crippen molar-refractivity contribution in [1.82, 2.24) is 3.97 Å². The molecule has 4 aromatic rings. The zero-order chi connectivity index (χ0) is 21.5. The number of aryl methyl sites for hydroxylation is 2. The highest BCUT2D eigenvalue weighted by Gasteiger charge is 2.25. The molecule has 0 atom stereocenters. The highest BCUT2D eigenvalue weighted by atomic mass is 32.2. The molecule has 3 aromatic carbocycles. The normalized spacial score (nSPS) is 11.8. The molecule has 4 rings (SSSR count). The fourth-order valence-corrected chi connectivity index (χ4v) is 5.92. The third kappa shape index (κ3) is 3.55. The molecule has 30 heavy (non-hydrogen) atoms. The van der Waals surface area contributed by atoms with Crippen molar-refractivity contribution in [2.45, 2.75) is 29.4 Å². The molecule has 7 heteroatoms. The lowest BCUT2D eigenvalue weighted by molar-refractivity contribution is 0.406. The van der Waals surface area contributed by atoms with Crippen molar-refractivity contribution in [3.05, 3.63) is 83.6 Å². The lowest BCUT2D eigenvalue weighted by Gasteiger charge is -2.12. The number of rotatable bonds is 5. The Labute approximate surface area is 179 Å². The fourth-order valence-electron chi connectivity index (χ4n) is 3.38. The van der Waals surface area contributed by atoms with E-state index in [2.05, 4.69) is 0 Å². The molecule has 0 saturated carbocycles. The van der Waals surface area contributed by atoms with Crippen LogP contribution in [0.5, 0.6) is 11.5 Å². The molecule has 0 radical (unpaired) electrons. The molecule has 0 fully saturated rings. The maximum Gasteiger partial charge on any atom is 0.268 e. The molecule has 0 aliphatic rings. The first-order chi connectivity index (χ1) is 14.3. The van der Waals surface area contributed by atoms with E-state index in [9.17, 15) is 18.6 Å². The van der Waals surface area contributed by atoms with Gasteiger partial charge in [0.2, 0.25) is 0 Å². The van der Waals surface area contributed by atoms with E-state index >= 15 is 0 Å². The number of hydrogen-bond donors (Lipinski definition) is 2. The summed E-state index contributed by atoms with van der Waals surface area (Å²) in [7, 11) is -3.95. The molecular formula is C23H21NO4S2. The first-order valence-electron chi connectivity index (χ1n) is 9.34. The van der Waals surface area contributed by atoms with Crippen LogP contribution in [0.4, 0.5) is 0 Å². The lowest BCUT2D eigenvalue weighted by Crippen LogP contribution is -2.12. The fraction of sp³-hybridized carbons (Fsp3) is 0.130. The number of nitrogens with zero attached hydrogens (tertiary/aromatic N) is 1. The van der Waals surface area contributed by atoms with Gasteiger partial charge in [0.15, 0.2) is 11.5 Å². The van der Waals surface area contributed by atoms with Gasteiger partial charge in [-0.3, -0.25) is 0 Å². The highest BCUT2D eigenvalue weighted by Crippen LogP contribution is 2.44. The average Bonchev–Trinajstić information content (AvgIpc) is 3.09. The summed E-state index contributed by atoms with van der Waals surface area (Å²) in [6.07, 6.45) is 1.49. The van der Waals surface area contributed by atoms with E-state index in [1.54, 1.807) is 19.1 Å². The Morgan fingerprint density at radius 3 is 2.30 bits per heavy atom. The van der Waals surface area contributed by atoms with Crippen LogP contribution in [0.25, 0.3) is 10.9 Å². The molecule has 0 bridgehead atoms. The number of benzene rings is 3. The van der Waals surface area contributed by atoms with Crippen LogP contribution < -0.4 is 0 Å². The van der Waals surface area contributed by atoms with Gasteiger partial charge < -0.3 is 10.2 Å². The maximum atomic E-state index is 13.3. The minimum atomic E-state index is -3.95. The highest BCUT2D eigenvalue weighted by molar-refractivity contribution is 7.98. The predicted molar refractivity (Wildman–Crippen MR) is 120 cm³/mol. The predicted octanol–water partition coefficient (Wildman–Crippen LogP) is 5.20. The van der Waals surface area contributed by atoms with Gasteiger partial charge in [-0.2, -0.15) is 0 Å². The largest absolute Gasteiger partial charge is 0.504 e. The van der Waals surface area contributed by atoms with Gasteiger partial charge in [-0.1, -0.05) is 48.0 Å². The van der Waals surface area contributed by atoms with Crippen molar-refractivity contribution >= 4 is 32.7 Å². The third-order valence-corrected chi connectivity index (χ3v) is 7.74. The van der Waals surface area contributed by atoms with Gasteiger partial charge in [0, 0.05) is 22.2 Å². The van der Waals surface area contributed by atoms with Gasteiger partial charge in [-0.15, -0.1) is 11.8 Å². The van der Waals surface area contributed by atoms with E-state index in [0.717, 1.165) is 15.1 Å². The molecule has 1 heterocycles. The van der Waals surface area contributed by atoms with E-state index < -0.39 is 15.8 Å². The first kappa shape index (κ1) is 20.4. The van der Waals surface area contributed by atoms with Gasteiger partial charge >= 0.3 is 0 Å². The van der Waals surface area contributed by atoms with Gasteiger partial charge in [-0.05, 0) is 43.2 Å². The number of thioether (sulfide) groups is 1. The van der Waals surface area contributed by atoms with Crippen molar-refractivity contribution in [2.75, 3.05) is 0 Å². The van der Waals surface area contributed by atoms with Crippen LogP contribution in [-0.4, -0.2) is 22.6 Å². The molecule has 0 aliphatic carbocycles. The summed E-state index contributed by atoms with van der Waals surface area (Å²) >= 11 is 1.48. The van der Waals surface area contributed by atoms with Gasteiger partial charge in [-0.25, -0.2) is 12.4 Å². The quantitative estimate of drug-likeness (QED) is 0.330. The van der Waals surface area contributed by atoms with E-state index in [1.165, 1.54) is 36.2 Å². The second-order valence-electron chi connectivity index (χ2n) is 7.17. The molecule has 0 aliphatic heterocycles. The van der Waals surface area contributed by atoms with Crippen LogP contribution in [-0.2, 0) is 15.8 Å². The molecule has 2 N–H and O–H groups in total. The number of hydrogen-bond acceptors (Lipinski definition) is 5. The monoisotopic (exact) mass is 439 g/mol. The van der Waals surface area contributed by atoms with Crippen molar-refractivity contribution in [3.8, 4) is 11.5 Å². The Morgan fingerprint density at radius 2 is 1.63 bits per heavy atom. The number of aromatic hydroxyl groups is 2. The SMILES string of the molecule is Cc1ccc(S(=O)(=O)n2cc(C)c3c(SCc4ccccc4)cc(O)c(O)c32)cc1. The van der Waals surface area contributed by atoms with Crippen LogP contribution in [0.2, 0.25) is 0 Å². The Balaban J connectivity index is 1.87. The van der Waals surface area contributed by atoms with Crippen LogP contribution in [0, 0.1) is 13.8 Å². The van der Waals surface area contributed by atoms with Crippen LogP contribution in [0.1, 0.15) is 16.7 Å². The number of aromatic nitrogens is 1. The van der Waals surface area contributed by atoms with E-state index in [1.807, 2.05) is 37.3 Å². The van der Waals surface area contributed by atoms with Crippen molar-refractivity contribution in [3.63, 3.8) is 0 Å². The molecule has 154 valence electrons. The molecule has 1 aromatic heterocycles. The number of fused-ring (bicyclic) bond motifs is 1.